The van der Waals surface area contributed by atoms with Gasteiger partial charge in [0.15, 0.2) is 0 Å². The Morgan fingerprint density at radius 1 is 1.47 bits per heavy atom. The van der Waals surface area contributed by atoms with Gasteiger partial charge in [0.25, 0.3) is 5.91 Å². The van der Waals surface area contributed by atoms with E-state index in [9.17, 15) is 4.79 Å². The number of benzene rings is 1. The van der Waals surface area contributed by atoms with Gasteiger partial charge < -0.3 is 15.8 Å². The van der Waals surface area contributed by atoms with Gasteiger partial charge in [-0.25, -0.2) is 0 Å². The number of halogens is 1. The second kappa shape index (κ2) is 5.12. The van der Waals surface area contributed by atoms with Gasteiger partial charge in [-0.2, -0.15) is 0 Å². The van der Waals surface area contributed by atoms with E-state index in [1.54, 1.807) is 24.3 Å². The molecule has 1 aromatic rings. The number of carbonyl (C=O) groups is 1. The van der Waals surface area contributed by atoms with Crippen molar-refractivity contribution in [3.05, 3.63) is 34.9 Å². The summed E-state index contributed by atoms with van der Waals surface area (Å²) in [6.07, 6.45) is 2.23. The van der Waals surface area contributed by atoms with Gasteiger partial charge >= 0.3 is 0 Å². The first-order chi connectivity index (χ1) is 9.16. The third-order valence-electron chi connectivity index (χ3n) is 4.06. The maximum Gasteiger partial charge on any atom is 0.251 e. The minimum Gasteiger partial charge on any atom is -0.376 e. The molecule has 0 spiro atoms. The molecule has 2 aliphatic rings. The molecule has 4 unspecified atom stereocenters. The van der Waals surface area contributed by atoms with Crippen molar-refractivity contribution in [2.75, 3.05) is 6.61 Å². The first-order valence-corrected chi connectivity index (χ1v) is 6.98. The topological polar surface area (TPSA) is 64.3 Å². The highest BCUT2D eigenvalue weighted by molar-refractivity contribution is 6.30. The highest BCUT2D eigenvalue weighted by Crippen LogP contribution is 2.37. The van der Waals surface area contributed by atoms with Gasteiger partial charge in [0, 0.05) is 29.2 Å². The van der Waals surface area contributed by atoms with Gasteiger partial charge in [0.2, 0.25) is 0 Å². The molecule has 3 rings (SSSR count). The van der Waals surface area contributed by atoms with Crippen LogP contribution >= 0.6 is 11.6 Å². The predicted octanol–water partition coefficient (Wildman–Crippen LogP) is 1.57. The number of hydrogen-bond acceptors (Lipinski definition) is 3. The van der Waals surface area contributed by atoms with Crippen LogP contribution in [-0.4, -0.2) is 30.7 Å². The van der Waals surface area contributed by atoms with Crippen molar-refractivity contribution in [2.24, 2.45) is 11.7 Å². The summed E-state index contributed by atoms with van der Waals surface area (Å²) in [6, 6.07) is 6.81. The quantitative estimate of drug-likeness (QED) is 0.864. The molecule has 3 N–H and O–H groups in total. The molecule has 1 aliphatic carbocycles. The Hall–Kier alpha value is -1.10. The molecule has 102 valence electrons. The van der Waals surface area contributed by atoms with E-state index in [0.717, 1.165) is 19.4 Å². The SMILES string of the molecule is NC1C2CCCOC2C1NC(=O)c1cccc(Cl)c1. The molecule has 0 bridgehead atoms. The van der Waals surface area contributed by atoms with E-state index in [-0.39, 0.29) is 24.1 Å². The van der Waals surface area contributed by atoms with Crippen LogP contribution in [0, 0.1) is 5.92 Å². The third kappa shape index (κ3) is 2.36. The highest BCUT2D eigenvalue weighted by Gasteiger charge is 2.51. The molecule has 4 atom stereocenters. The van der Waals surface area contributed by atoms with Gasteiger partial charge in [-0.15, -0.1) is 0 Å². The lowest BCUT2D eigenvalue weighted by atomic mass is 9.68. The zero-order chi connectivity index (χ0) is 13.4. The number of fused-ring (bicyclic) bond motifs is 1. The molecule has 1 aromatic carbocycles. The zero-order valence-electron chi connectivity index (χ0n) is 10.5. The van der Waals surface area contributed by atoms with E-state index in [0.29, 0.717) is 16.5 Å². The number of amides is 1. The summed E-state index contributed by atoms with van der Waals surface area (Å²) in [5.74, 6) is 0.244. The van der Waals surface area contributed by atoms with Gasteiger partial charge in [-0.05, 0) is 31.0 Å². The van der Waals surface area contributed by atoms with Crippen LogP contribution in [0.25, 0.3) is 0 Å². The summed E-state index contributed by atoms with van der Waals surface area (Å²) in [4.78, 5) is 12.1. The molecule has 0 radical (unpaired) electrons. The monoisotopic (exact) mass is 280 g/mol. The molecular weight excluding hydrogens is 264 g/mol. The van der Waals surface area contributed by atoms with E-state index in [2.05, 4.69) is 5.32 Å². The normalized spacial score (nSPS) is 33.2. The number of carbonyl (C=O) groups excluding carboxylic acids is 1. The van der Waals surface area contributed by atoms with Crippen LogP contribution in [0.4, 0.5) is 0 Å². The van der Waals surface area contributed by atoms with E-state index >= 15 is 0 Å². The van der Waals surface area contributed by atoms with Crippen molar-refractivity contribution in [2.45, 2.75) is 31.0 Å². The Kier molecular flexibility index (Phi) is 3.48. The largest absolute Gasteiger partial charge is 0.376 e. The molecule has 1 saturated heterocycles. The Morgan fingerprint density at radius 2 is 2.32 bits per heavy atom. The van der Waals surface area contributed by atoms with Crippen LogP contribution in [0.2, 0.25) is 5.02 Å². The number of nitrogens with two attached hydrogens (primary N) is 1. The Morgan fingerprint density at radius 3 is 3.11 bits per heavy atom. The van der Waals surface area contributed by atoms with Crippen LogP contribution in [0.15, 0.2) is 24.3 Å². The predicted molar refractivity (Wildman–Crippen MR) is 73.1 cm³/mol. The van der Waals surface area contributed by atoms with Crippen LogP contribution in [0.1, 0.15) is 23.2 Å². The van der Waals surface area contributed by atoms with Crippen molar-refractivity contribution in [3.63, 3.8) is 0 Å². The number of nitrogens with one attached hydrogen (secondary N) is 1. The summed E-state index contributed by atoms with van der Waals surface area (Å²) in [6.45, 7) is 0.761. The van der Waals surface area contributed by atoms with E-state index in [4.69, 9.17) is 22.1 Å². The molecule has 2 fully saturated rings. The summed E-state index contributed by atoms with van der Waals surface area (Å²) in [5.41, 5.74) is 6.67. The highest BCUT2D eigenvalue weighted by atomic mass is 35.5. The smallest absolute Gasteiger partial charge is 0.251 e. The van der Waals surface area contributed by atoms with Crippen LogP contribution < -0.4 is 11.1 Å². The maximum absolute atomic E-state index is 12.1. The summed E-state index contributed by atoms with van der Waals surface area (Å²) in [5, 5.41) is 3.51. The lowest BCUT2D eigenvalue weighted by Gasteiger charge is -2.52. The average Bonchev–Trinajstić information content (AvgIpc) is 2.44. The van der Waals surface area contributed by atoms with Crippen LogP contribution in [0.3, 0.4) is 0 Å². The van der Waals surface area contributed by atoms with Gasteiger partial charge in [0.1, 0.15) is 0 Å². The maximum atomic E-state index is 12.1. The minimum absolute atomic E-state index is 0.00608. The number of rotatable bonds is 2. The third-order valence-corrected chi connectivity index (χ3v) is 4.30. The number of ether oxygens (including phenoxy) is 1. The molecule has 4 nitrogen and oxygen atoms in total. The van der Waals surface area contributed by atoms with Gasteiger partial charge in [-0.1, -0.05) is 17.7 Å². The second-order valence-corrected chi connectivity index (χ2v) is 5.66. The molecule has 1 aliphatic heterocycles. The van der Waals surface area contributed by atoms with Crippen molar-refractivity contribution in [1.29, 1.82) is 0 Å². The van der Waals surface area contributed by atoms with E-state index in [1.165, 1.54) is 0 Å². The fourth-order valence-electron chi connectivity index (χ4n) is 2.99. The molecule has 1 saturated carbocycles. The molecule has 1 heterocycles. The summed E-state index contributed by atoms with van der Waals surface area (Å²) in [7, 11) is 0. The Balaban J connectivity index is 1.67. The average molecular weight is 281 g/mol. The second-order valence-electron chi connectivity index (χ2n) is 5.23. The molecule has 5 heteroatoms. The Labute approximate surface area is 117 Å². The fraction of sp³-hybridized carbons (Fsp3) is 0.500. The standard InChI is InChI=1S/C14H17ClN2O2/c15-9-4-1-3-8(7-9)14(18)17-12-11(16)10-5-2-6-19-13(10)12/h1,3-4,7,10-13H,2,5-6,16H2,(H,17,18). The molecule has 19 heavy (non-hydrogen) atoms. The van der Waals surface area contributed by atoms with Gasteiger partial charge in [-0.3, -0.25) is 4.79 Å². The lowest BCUT2D eigenvalue weighted by Crippen LogP contribution is -2.72. The summed E-state index contributed by atoms with van der Waals surface area (Å²) < 4.78 is 5.70. The van der Waals surface area contributed by atoms with E-state index in [1.807, 2.05) is 0 Å². The fourth-order valence-corrected chi connectivity index (χ4v) is 3.18. The zero-order valence-corrected chi connectivity index (χ0v) is 11.3. The molecule has 0 aromatic heterocycles. The number of hydrogen-bond donors (Lipinski definition) is 2. The lowest BCUT2D eigenvalue weighted by molar-refractivity contribution is -0.117. The van der Waals surface area contributed by atoms with Crippen LogP contribution in [0.5, 0.6) is 0 Å². The van der Waals surface area contributed by atoms with Crippen molar-refractivity contribution in [1.82, 2.24) is 5.32 Å². The first-order valence-electron chi connectivity index (χ1n) is 6.60. The minimum atomic E-state index is -0.143. The molecular formula is C14H17ClN2O2. The van der Waals surface area contributed by atoms with E-state index < -0.39 is 0 Å². The first kappa shape index (κ1) is 12.9. The van der Waals surface area contributed by atoms with Crippen molar-refractivity contribution in [3.8, 4) is 0 Å². The van der Waals surface area contributed by atoms with Crippen molar-refractivity contribution < 1.29 is 9.53 Å². The summed E-state index contributed by atoms with van der Waals surface area (Å²) >= 11 is 5.88. The van der Waals surface area contributed by atoms with Gasteiger partial charge in [0.05, 0.1) is 12.1 Å². The Bertz CT molecular complexity index is 494. The van der Waals surface area contributed by atoms with Crippen molar-refractivity contribution >= 4 is 17.5 Å². The van der Waals surface area contributed by atoms with Crippen LogP contribution in [-0.2, 0) is 4.74 Å². The molecule has 1 amide bonds.